The Morgan fingerprint density at radius 1 is 1.12 bits per heavy atom. The average molecular weight is 490 g/mol. The number of para-hydroxylation sites is 1. The van der Waals surface area contributed by atoms with Gasteiger partial charge in [-0.05, 0) is 74.4 Å². The molecule has 0 bridgehead atoms. The van der Waals surface area contributed by atoms with Crippen LogP contribution < -0.4 is 10.5 Å². The van der Waals surface area contributed by atoms with Crippen LogP contribution in [-0.2, 0) is 17.6 Å². The quantitative estimate of drug-likeness (QED) is 0.267. The Hall–Kier alpha value is -2.90. The van der Waals surface area contributed by atoms with Gasteiger partial charge in [0.25, 0.3) is 5.56 Å². The molecule has 1 aliphatic carbocycles. The molecule has 0 saturated heterocycles. The topological polar surface area (TPSA) is 55.2 Å². The van der Waals surface area contributed by atoms with Crippen molar-refractivity contribution in [3.63, 3.8) is 0 Å². The summed E-state index contributed by atoms with van der Waals surface area (Å²) in [5, 5.41) is 1.33. The molecule has 2 aromatic heterocycles. The zero-order valence-electron chi connectivity index (χ0n) is 19.6. The summed E-state index contributed by atoms with van der Waals surface area (Å²) in [6, 6.07) is 15.7. The second kappa shape index (κ2) is 9.39. The molecule has 0 radical (unpaired) electrons. The fourth-order valence-electron chi connectivity index (χ4n) is 4.47. The minimum Gasteiger partial charge on any atom is -0.315 e. The minimum absolute atomic E-state index is 0.0236. The SMILES string of the molecule is Cc1ccc(C)c(-n2c(SCC(=O)N(C)c3ccccc3)nc3sc4c(c3c2=O)CCCC4)c1. The highest BCUT2D eigenvalue weighted by Gasteiger charge is 2.24. The number of aromatic nitrogens is 2. The van der Waals surface area contributed by atoms with E-state index in [9.17, 15) is 9.59 Å². The molecule has 1 aliphatic rings. The average Bonchev–Trinajstić information content (AvgIpc) is 3.23. The summed E-state index contributed by atoms with van der Waals surface area (Å²) in [4.78, 5) is 35.7. The van der Waals surface area contributed by atoms with Crippen molar-refractivity contribution in [2.24, 2.45) is 0 Å². The zero-order chi connectivity index (χ0) is 23.8. The van der Waals surface area contributed by atoms with E-state index in [0.717, 1.165) is 58.4 Å². The molecule has 34 heavy (non-hydrogen) atoms. The smallest absolute Gasteiger partial charge is 0.267 e. The molecular formula is C27H27N3O2S2. The third kappa shape index (κ3) is 4.18. The Morgan fingerprint density at radius 2 is 1.88 bits per heavy atom. The van der Waals surface area contributed by atoms with E-state index in [4.69, 9.17) is 4.98 Å². The van der Waals surface area contributed by atoms with E-state index in [1.807, 2.05) is 62.4 Å². The van der Waals surface area contributed by atoms with Crippen LogP contribution >= 0.6 is 23.1 Å². The van der Waals surface area contributed by atoms with Crippen molar-refractivity contribution in [2.45, 2.75) is 44.7 Å². The van der Waals surface area contributed by atoms with Gasteiger partial charge in [0, 0.05) is 17.6 Å². The standard InChI is InChI=1S/C27H27N3O2S2/c1-17-13-14-18(2)21(15-17)30-26(32)24-20-11-7-8-12-22(20)34-25(24)28-27(30)33-16-23(31)29(3)19-9-5-4-6-10-19/h4-6,9-10,13-15H,7-8,11-12,16H2,1-3H3. The number of fused-ring (bicyclic) bond motifs is 3. The summed E-state index contributed by atoms with van der Waals surface area (Å²) in [6.45, 7) is 4.04. The van der Waals surface area contributed by atoms with Gasteiger partial charge in [-0.25, -0.2) is 4.98 Å². The largest absolute Gasteiger partial charge is 0.315 e. The van der Waals surface area contributed by atoms with Crippen molar-refractivity contribution >= 4 is 44.9 Å². The van der Waals surface area contributed by atoms with Gasteiger partial charge >= 0.3 is 0 Å². The van der Waals surface area contributed by atoms with Gasteiger partial charge in [-0.3, -0.25) is 14.2 Å². The van der Waals surface area contributed by atoms with E-state index in [2.05, 4.69) is 0 Å². The number of anilines is 1. The van der Waals surface area contributed by atoms with Gasteiger partial charge < -0.3 is 4.90 Å². The maximum Gasteiger partial charge on any atom is 0.267 e. The number of thiophene rings is 1. The summed E-state index contributed by atoms with van der Waals surface area (Å²) < 4.78 is 1.73. The third-order valence-electron chi connectivity index (χ3n) is 6.41. The molecule has 174 valence electrons. The van der Waals surface area contributed by atoms with Crippen LogP contribution in [0.3, 0.4) is 0 Å². The molecule has 0 fully saturated rings. The monoisotopic (exact) mass is 489 g/mol. The van der Waals surface area contributed by atoms with Crippen LogP contribution in [0.15, 0.2) is 58.5 Å². The fourth-order valence-corrected chi connectivity index (χ4v) is 6.70. The van der Waals surface area contributed by atoms with Crippen molar-refractivity contribution < 1.29 is 4.79 Å². The molecule has 0 aliphatic heterocycles. The van der Waals surface area contributed by atoms with Crippen LogP contribution in [0.4, 0.5) is 5.69 Å². The summed E-state index contributed by atoms with van der Waals surface area (Å²) in [5.74, 6) is 0.155. The van der Waals surface area contributed by atoms with Crippen LogP contribution in [0, 0.1) is 13.8 Å². The number of nitrogens with zero attached hydrogens (tertiary/aromatic N) is 3. The number of hydrogen-bond donors (Lipinski definition) is 0. The molecular weight excluding hydrogens is 462 g/mol. The molecule has 1 amide bonds. The Kier molecular flexibility index (Phi) is 6.32. The van der Waals surface area contributed by atoms with Crippen LogP contribution in [0.25, 0.3) is 15.9 Å². The lowest BCUT2D eigenvalue weighted by Gasteiger charge is -2.18. The van der Waals surface area contributed by atoms with Crippen molar-refractivity contribution in [3.05, 3.63) is 80.5 Å². The number of benzene rings is 2. The minimum atomic E-state index is -0.0384. The number of hydrogen-bond acceptors (Lipinski definition) is 5. The van der Waals surface area contributed by atoms with Crippen molar-refractivity contribution in [3.8, 4) is 5.69 Å². The van der Waals surface area contributed by atoms with E-state index in [1.54, 1.807) is 27.9 Å². The summed E-state index contributed by atoms with van der Waals surface area (Å²) in [6.07, 6.45) is 4.22. The van der Waals surface area contributed by atoms with E-state index in [0.29, 0.717) is 5.16 Å². The Bertz CT molecular complexity index is 1440. The maximum atomic E-state index is 14.0. The number of thioether (sulfide) groups is 1. The van der Waals surface area contributed by atoms with Gasteiger partial charge in [0.05, 0.1) is 16.8 Å². The van der Waals surface area contributed by atoms with E-state index < -0.39 is 0 Å². The van der Waals surface area contributed by atoms with Gasteiger partial charge in [-0.1, -0.05) is 42.1 Å². The Balaban J connectivity index is 1.59. The molecule has 0 saturated carbocycles. The Morgan fingerprint density at radius 3 is 2.68 bits per heavy atom. The van der Waals surface area contributed by atoms with Crippen molar-refractivity contribution in [1.29, 1.82) is 0 Å². The number of aryl methyl sites for hydroxylation is 4. The predicted octanol–water partition coefficient (Wildman–Crippen LogP) is 5.70. The van der Waals surface area contributed by atoms with Crippen LogP contribution in [-0.4, -0.2) is 28.3 Å². The van der Waals surface area contributed by atoms with Gasteiger partial charge in [0.1, 0.15) is 4.83 Å². The highest BCUT2D eigenvalue weighted by molar-refractivity contribution is 7.99. The molecule has 4 aromatic rings. The lowest BCUT2D eigenvalue weighted by atomic mass is 9.97. The highest BCUT2D eigenvalue weighted by atomic mass is 32.2. The van der Waals surface area contributed by atoms with E-state index in [-0.39, 0.29) is 17.2 Å². The molecule has 2 heterocycles. The summed E-state index contributed by atoms with van der Waals surface area (Å²) >= 11 is 2.97. The molecule has 5 nitrogen and oxygen atoms in total. The fraction of sp³-hybridized carbons (Fsp3) is 0.296. The molecule has 0 N–H and O–H groups in total. The lowest BCUT2D eigenvalue weighted by molar-refractivity contribution is -0.115. The van der Waals surface area contributed by atoms with E-state index >= 15 is 0 Å². The summed E-state index contributed by atoms with van der Waals surface area (Å²) in [7, 11) is 1.78. The third-order valence-corrected chi connectivity index (χ3v) is 8.52. The van der Waals surface area contributed by atoms with Crippen LogP contribution in [0.2, 0.25) is 0 Å². The molecule has 0 unspecified atom stereocenters. The molecule has 0 atom stereocenters. The summed E-state index contributed by atoms with van der Waals surface area (Å²) in [5.41, 5.74) is 4.92. The van der Waals surface area contributed by atoms with Crippen LogP contribution in [0.5, 0.6) is 0 Å². The number of carbonyl (C=O) groups excluding carboxylic acids is 1. The normalized spacial score (nSPS) is 13.1. The number of amides is 1. The van der Waals surface area contributed by atoms with Gasteiger partial charge in [-0.15, -0.1) is 11.3 Å². The van der Waals surface area contributed by atoms with Gasteiger partial charge in [-0.2, -0.15) is 0 Å². The highest BCUT2D eigenvalue weighted by Crippen LogP contribution is 2.35. The first-order valence-electron chi connectivity index (χ1n) is 11.5. The first kappa shape index (κ1) is 22.9. The maximum absolute atomic E-state index is 14.0. The van der Waals surface area contributed by atoms with Crippen LogP contribution in [0.1, 0.15) is 34.4 Å². The number of carbonyl (C=O) groups is 1. The first-order valence-corrected chi connectivity index (χ1v) is 13.3. The predicted molar refractivity (Wildman–Crippen MR) is 142 cm³/mol. The zero-order valence-corrected chi connectivity index (χ0v) is 21.3. The second-order valence-electron chi connectivity index (χ2n) is 8.79. The number of rotatable bonds is 5. The van der Waals surface area contributed by atoms with Crippen molar-refractivity contribution in [2.75, 3.05) is 17.7 Å². The molecule has 7 heteroatoms. The molecule has 5 rings (SSSR count). The molecule has 2 aromatic carbocycles. The second-order valence-corrected chi connectivity index (χ2v) is 10.8. The molecule has 0 spiro atoms. The van der Waals surface area contributed by atoms with Crippen molar-refractivity contribution in [1.82, 2.24) is 9.55 Å². The Labute approximate surface area is 207 Å². The van der Waals surface area contributed by atoms with Gasteiger partial charge in [0.2, 0.25) is 5.91 Å². The van der Waals surface area contributed by atoms with Gasteiger partial charge in [0.15, 0.2) is 5.16 Å². The first-order chi connectivity index (χ1) is 16.4. The lowest BCUT2D eigenvalue weighted by Crippen LogP contribution is -2.29. The van der Waals surface area contributed by atoms with E-state index in [1.165, 1.54) is 22.2 Å².